The Morgan fingerprint density at radius 2 is 1.88 bits per heavy atom. The Morgan fingerprint density at radius 3 is 2.59 bits per heavy atom. The fourth-order valence-electron chi connectivity index (χ4n) is 5.38. The lowest BCUT2D eigenvalue weighted by atomic mass is 9.78. The van der Waals surface area contributed by atoms with Crippen molar-refractivity contribution in [2.45, 2.75) is 39.7 Å². The predicted octanol–water partition coefficient (Wildman–Crippen LogP) is 4.93. The van der Waals surface area contributed by atoms with Gasteiger partial charge in [0, 0.05) is 24.4 Å². The average molecular weight is 461 g/mol. The second kappa shape index (κ2) is 8.20. The van der Waals surface area contributed by atoms with Gasteiger partial charge in [-0.05, 0) is 59.2 Å². The van der Waals surface area contributed by atoms with Crippen molar-refractivity contribution in [2.75, 3.05) is 6.54 Å². The van der Waals surface area contributed by atoms with Gasteiger partial charge >= 0.3 is 11.8 Å². The van der Waals surface area contributed by atoms with Crippen molar-refractivity contribution in [3.63, 3.8) is 0 Å². The van der Waals surface area contributed by atoms with E-state index in [-0.39, 0.29) is 23.1 Å². The summed E-state index contributed by atoms with van der Waals surface area (Å²) in [6.07, 6.45) is 2.04. The first-order valence-electron chi connectivity index (χ1n) is 11.5. The van der Waals surface area contributed by atoms with Crippen molar-refractivity contribution in [1.82, 2.24) is 19.7 Å². The summed E-state index contributed by atoms with van der Waals surface area (Å²) in [7, 11) is 0. The van der Waals surface area contributed by atoms with Crippen molar-refractivity contribution >= 4 is 17.1 Å². The highest BCUT2D eigenvalue weighted by atomic mass is 16.4. The summed E-state index contributed by atoms with van der Waals surface area (Å²) in [5, 5.41) is 17.6. The van der Waals surface area contributed by atoms with Crippen LogP contribution < -0.4 is 5.69 Å². The summed E-state index contributed by atoms with van der Waals surface area (Å²) in [6.45, 7) is 6.67. The SMILES string of the molecule is CC(C)(C)C1[C@H](Cc2n[nH]c(=O)n2-c2ccc(-c3ccc4occc4c3)cc2)CCN1C(=O)O. The first kappa shape index (κ1) is 22.0. The molecule has 34 heavy (non-hydrogen) atoms. The molecule has 0 radical (unpaired) electrons. The molecule has 8 nitrogen and oxygen atoms in total. The standard InChI is InChI=1S/C26H28N4O4/c1-26(2,3)23-19(10-12-29(23)25(32)33)15-22-27-28-24(31)30(22)20-7-4-16(5-8-20)17-6-9-21-18(14-17)11-13-34-21/h4-9,11,13-14,19,23H,10,12,15H2,1-3H3,(H,28,31)(H,32,33)/t19-,23?/m0/s1. The molecular formula is C26H28N4O4. The van der Waals surface area contributed by atoms with Crippen LogP contribution in [0.4, 0.5) is 4.79 Å². The van der Waals surface area contributed by atoms with Crippen LogP contribution >= 0.6 is 0 Å². The zero-order valence-electron chi connectivity index (χ0n) is 19.5. The van der Waals surface area contributed by atoms with Crippen LogP contribution in [0.1, 0.15) is 33.0 Å². The van der Waals surface area contributed by atoms with Crippen LogP contribution in [0, 0.1) is 11.3 Å². The van der Waals surface area contributed by atoms with E-state index in [0.29, 0.717) is 18.8 Å². The Bertz CT molecular complexity index is 1390. The van der Waals surface area contributed by atoms with Crippen LogP contribution in [0.25, 0.3) is 27.8 Å². The number of carbonyl (C=O) groups is 1. The Morgan fingerprint density at radius 1 is 1.15 bits per heavy atom. The predicted molar refractivity (Wildman–Crippen MR) is 129 cm³/mol. The normalized spacial score (nSPS) is 18.6. The summed E-state index contributed by atoms with van der Waals surface area (Å²) in [5.41, 5.74) is 3.14. The van der Waals surface area contributed by atoms with Gasteiger partial charge in [-0.25, -0.2) is 19.3 Å². The van der Waals surface area contributed by atoms with E-state index < -0.39 is 6.09 Å². The Labute approximate surface area is 196 Å². The molecule has 0 spiro atoms. The second-order valence-corrected chi connectivity index (χ2v) is 10.0. The minimum Gasteiger partial charge on any atom is -0.465 e. The molecule has 2 atom stereocenters. The summed E-state index contributed by atoms with van der Waals surface area (Å²) in [5.74, 6) is 0.690. The molecule has 3 heterocycles. The second-order valence-electron chi connectivity index (χ2n) is 10.0. The number of nitrogens with zero attached hydrogens (tertiary/aromatic N) is 3. The fraction of sp³-hybridized carbons (Fsp3) is 0.346. The van der Waals surface area contributed by atoms with E-state index in [1.54, 1.807) is 10.8 Å². The van der Waals surface area contributed by atoms with Crippen molar-refractivity contribution in [1.29, 1.82) is 0 Å². The van der Waals surface area contributed by atoms with Crippen LogP contribution in [0.15, 0.2) is 64.0 Å². The molecule has 176 valence electrons. The zero-order valence-corrected chi connectivity index (χ0v) is 19.5. The van der Waals surface area contributed by atoms with Gasteiger partial charge in [-0.2, -0.15) is 5.10 Å². The number of fused-ring (bicyclic) bond motifs is 1. The molecule has 0 bridgehead atoms. The maximum absolute atomic E-state index is 12.7. The molecule has 2 aromatic carbocycles. The van der Waals surface area contributed by atoms with Crippen LogP contribution in [-0.2, 0) is 6.42 Å². The summed E-state index contributed by atoms with van der Waals surface area (Å²) in [6, 6.07) is 15.6. The minimum atomic E-state index is -0.897. The summed E-state index contributed by atoms with van der Waals surface area (Å²) in [4.78, 5) is 26.0. The van der Waals surface area contributed by atoms with Gasteiger partial charge < -0.3 is 14.4 Å². The highest BCUT2D eigenvalue weighted by Crippen LogP contribution is 2.38. The first-order chi connectivity index (χ1) is 16.2. The van der Waals surface area contributed by atoms with Crippen LogP contribution in [-0.4, -0.2) is 43.5 Å². The number of aromatic nitrogens is 3. The third-order valence-electron chi connectivity index (χ3n) is 6.75. The number of furan rings is 1. The molecular weight excluding hydrogens is 432 g/mol. The van der Waals surface area contributed by atoms with Gasteiger partial charge in [-0.15, -0.1) is 0 Å². The monoisotopic (exact) mass is 460 g/mol. The number of H-pyrrole nitrogens is 1. The third-order valence-corrected chi connectivity index (χ3v) is 6.75. The number of likely N-dealkylation sites (tertiary alicyclic amines) is 1. The molecule has 0 saturated carbocycles. The van der Waals surface area contributed by atoms with E-state index in [9.17, 15) is 14.7 Å². The summed E-state index contributed by atoms with van der Waals surface area (Å²) < 4.78 is 7.01. The maximum Gasteiger partial charge on any atom is 0.407 e. The molecule has 5 rings (SSSR count). The van der Waals surface area contributed by atoms with Gasteiger partial charge in [0.2, 0.25) is 0 Å². The van der Waals surface area contributed by atoms with Crippen LogP contribution in [0.3, 0.4) is 0 Å². The Hall–Kier alpha value is -3.81. The first-order valence-corrected chi connectivity index (χ1v) is 11.5. The molecule has 8 heteroatoms. The van der Waals surface area contributed by atoms with Gasteiger partial charge in [0.1, 0.15) is 11.4 Å². The van der Waals surface area contributed by atoms with E-state index >= 15 is 0 Å². The lowest BCUT2D eigenvalue weighted by Gasteiger charge is -2.37. The Balaban J connectivity index is 1.43. The van der Waals surface area contributed by atoms with E-state index in [2.05, 4.69) is 37.0 Å². The maximum atomic E-state index is 12.7. The summed E-state index contributed by atoms with van der Waals surface area (Å²) >= 11 is 0. The van der Waals surface area contributed by atoms with Gasteiger partial charge in [0.05, 0.1) is 12.0 Å². The molecule has 4 aromatic rings. The van der Waals surface area contributed by atoms with E-state index in [1.807, 2.05) is 42.5 Å². The highest BCUT2D eigenvalue weighted by molar-refractivity contribution is 5.83. The number of rotatable bonds is 4. The van der Waals surface area contributed by atoms with Gasteiger partial charge in [0.25, 0.3) is 0 Å². The van der Waals surface area contributed by atoms with E-state index in [1.165, 1.54) is 4.90 Å². The number of carboxylic acid groups (broad SMARTS) is 1. The van der Waals surface area contributed by atoms with Crippen molar-refractivity contribution < 1.29 is 14.3 Å². The van der Waals surface area contributed by atoms with E-state index in [0.717, 1.165) is 34.2 Å². The average Bonchev–Trinajstić information content (AvgIpc) is 3.52. The molecule has 2 N–H and O–H groups in total. The van der Waals surface area contributed by atoms with Gasteiger partial charge in [-0.3, -0.25) is 0 Å². The lowest BCUT2D eigenvalue weighted by molar-refractivity contribution is 0.0906. The van der Waals surface area contributed by atoms with Crippen LogP contribution in [0.5, 0.6) is 0 Å². The molecule has 1 fully saturated rings. The van der Waals surface area contributed by atoms with Gasteiger partial charge in [-0.1, -0.05) is 39.0 Å². The number of amides is 1. The minimum absolute atomic E-state index is 0.0750. The van der Waals surface area contributed by atoms with Gasteiger partial charge in [0.15, 0.2) is 0 Å². The molecule has 1 aliphatic heterocycles. The number of hydrogen-bond acceptors (Lipinski definition) is 4. The fourth-order valence-corrected chi connectivity index (χ4v) is 5.38. The topological polar surface area (TPSA) is 104 Å². The number of hydrogen-bond donors (Lipinski definition) is 2. The quantitative estimate of drug-likeness (QED) is 0.449. The molecule has 1 unspecified atom stereocenters. The third kappa shape index (κ3) is 3.89. The molecule has 0 aliphatic carbocycles. The van der Waals surface area contributed by atoms with Crippen molar-refractivity contribution in [3.8, 4) is 16.8 Å². The van der Waals surface area contributed by atoms with E-state index in [4.69, 9.17) is 4.42 Å². The number of nitrogens with one attached hydrogen (secondary N) is 1. The molecule has 1 aliphatic rings. The smallest absolute Gasteiger partial charge is 0.407 e. The van der Waals surface area contributed by atoms with Crippen molar-refractivity contribution in [3.05, 3.63) is 71.1 Å². The molecule has 2 aromatic heterocycles. The lowest BCUT2D eigenvalue weighted by Crippen LogP contribution is -2.46. The number of benzene rings is 2. The molecule has 1 saturated heterocycles. The highest BCUT2D eigenvalue weighted by Gasteiger charge is 2.44. The Kier molecular flexibility index (Phi) is 5.31. The number of aromatic amines is 1. The molecule has 1 amide bonds. The largest absolute Gasteiger partial charge is 0.465 e. The van der Waals surface area contributed by atoms with Crippen molar-refractivity contribution in [2.24, 2.45) is 11.3 Å². The van der Waals surface area contributed by atoms with Crippen LogP contribution in [0.2, 0.25) is 0 Å². The zero-order chi connectivity index (χ0) is 24.0.